The molecule has 180 valence electrons. The summed E-state index contributed by atoms with van der Waals surface area (Å²) in [6, 6.07) is 12.6. The Morgan fingerprint density at radius 1 is 1.09 bits per heavy atom. The number of ether oxygens (including phenoxy) is 2. The molecule has 1 unspecified atom stereocenters. The molecule has 1 atom stereocenters. The van der Waals surface area contributed by atoms with Crippen LogP contribution in [0.15, 0.2) is 59.8 Å². The van der Waals surface area contributed by atoms with Crippen molar-refractivity contribution in [1.29, 1.82) is 0 Å². The van der Waals surface area contributed by atoms with Crippen molar-refractivity contribution in [3.05, 3.63) is 65.4 Å². The largest absolute Gasteiger partial charge is 0.495 e. The van der Waals surface area contributed by atoms with Crippen LogP contribution in [0, 0.1) is 0 Å². The zero-order chi connectivity index (χ0) is 24.7. The van der Waals surface area contributed by atoms with E-state index in [2.05, 4.69) is 16.0 Å². The van der Waals surface area contributed by atoms with Gasteiger partial charge in [-0.3, -0.25) is 4.90 Å². The van der Waals surface area contributed by atoms with Crippen LogP contribution < -0.4 is 20.7 Å². The molecule has 0 aliphatic carbocycles. The molecule has 4 amide bonds. The zero-order valence-electron chi connectivity index (χ0n) is 19.8. The van der Waals surface area contributed by atoms with Crippen molar-refractivity contribution < 1.29 is 23.9 Å². The van der Waals surface area contributed by atoms with Crippen molar-refractivity contribution in [1.82, 2.24) is 10.2 Å². The topological polar surface area (TPSA) is 109 Å². The molecule has 0 radical (unpaired) electrons. The second-order valence-electron chi connectivity index (χ2n) is 7.66. The van der Waals surface area contributed by atoms with Gasteiger partial charge in [0.25, 0.3) is 0 Å². The predicted octanol–water partition coefficient (Wildman–Crippen LogP) is 4.65. The molecular weight excluding hydrogens is 436 g/mol. The van der Waals surface area contributed by atoms with E-state index in [1.807, 2.05) is 13.0 Å². The summed E-state index contributed by atoms with van der Waals surface area (Å²) < 4.78 is 10.5. The zero-order valence-corrected chi connectivity index (χ0v) is 19.8. The Labute approximate surface area is 199 Å². The fourth-order valence-corrected chi connectivity index (χ4v) is 3.83. The van der Waals surface area contributed by atoms with E-state index in [1.165, 1.54) is 7.11 Å². The third-order valence-corrected chi connectivity index (χ3v) is 5.37. The second kappa shape index (κ2) is 11.2. The molecule has 9 heteroatoms. The maximum Gasteiger partial charge on any atom is 0.338 e. The molecule has 0 saturated carbocycles. The van der Waals surface area contributed by atoms with Gasteiger partial charge in [0.2, 0.25) is 0 Å². The van der Waals surface area contributed by atoms with Crippen molar-refractivity contribution >= 4 is 29.4 Å². The Hall–Kier alpha value is -4.01. The fourth-order valence-electron chi connectivity index (χ4n) is 3.83. The lowest BCUT2D eigenvalue weighted by atomic mass is 9.94. The van der Waals surface area contributed by atoms with Crippen LogP contribution in [0.3, 0.4) is 0 Å². The summed E-state index contributed by atoms with van der Waals surface area (Å²) in [6.45, 7) is 6.14. The highest BCUT2D eigenvalue weighted by Crippen LogP contribution is 2.32. The minimum absolute atomic E-state index is 0.217. The number of nitrogens with zero attached hydrogens (tertiary/aromatic N) is 1. The Balaban J connectivity index is 1.87. The molecule has 0 spiro atoms. The van der Waals surface area contributed by atoms with E-state index >= 15 is 0 Å². The molecule has 0 aromatic heterocycles. The van der Waals surface area contributed by atoms with Crippen molar-refractivity contribution in [2.24, 2.45) is 0 Å². The number of esters is 1. The number of methoxy groups -OCH3 is 1. The van der Waals surface area contributed by atoms with Gasteiger partial charge in [0.1, 0.15) is 5.75 Å². The molecule has 0 fully saturated rings. The molecule has 1 aliphatic rings. The summed E-state index contributed by atoms with van der Waals surface area (Å²) in [6.07, 6.45) is 0.742. The minimum Gasteiger partial charge on any atom is -0.495 e. The van der Waals surface area contributed by atoms with Gasteiger partial charge in [-0.1, -0.05) is 31.2 Å². The molecule has 3 rings (SSSR count). The van der Waals surface area contributed by atoms with Crippen LogP contribution in [0.5, 0.6) is 5.75 Å². The number of hydrogen-bond donors (Lipinski definition) is 3. The van der Waals surface area contributed by atoms with E-state index in [9.17, 15) is 14.4 Å². The van der Waals surface area contributed by atoms with Gasteiger partial charge in [0.15, 0.2) is 0 Å². The maximum atomic E-state index is 12.8. The van der Waals surface area contributed by atoms with Crippen LogP contribution in [0.1, 0.15) is 38.8 Å². The van der Waals surface area contributed by atoms with Crippen LogP contribution in [-0.4, -0.2) is 43.2 Å². The van der Waals surface area contributed by atoms with Crippen LogP contribution in [-0.2, 0) is 9.53 Å². The molecule has 1 aliphatic heterocycles. The Morgan fingerprint density at radius 3 is 2.56 bits per heavy atom. The molecule has 34 heavy (non-hydrogen) atoms. The molecule has 0 bridgehead atoms. The monoisotopic (exact) mass is 466 g/mol. The predicted molar refractivity (Wildman–Crippen MR) is 130 cm³/mol. The number of benzene rings is 2. The number of carbonyl (C=O) groups is 3. The van der Waals surface area contributed by atoms with Gasteiger partial charge < -0.3 is 25.4 Å². The number of nitrogens with one attached hydrogen (secondary N) is 3. The number of para-hydroxylation sites is 2. The van der Waals surface area contributed by atoms with Crippen molar-refractivity contribution in [2.45, 2.75) is 33.2 Å². The quantitative estimate of drug-likeness (QED) is 0.491. The smallest absolute Gasteiger partial charge is 0.338 e. The van der Waals surface area contributed by atoms with E-state index < -0.39 is 18.0 Å². The summed E-state index contributed by atoms with van der Waals surface area (Å²) in [5.41, 5.74) is 2.59. The van der Waals surface area contributed by atoms with Gasteiger partial charge >= 0.3 is 18.0 Å². The van der Waals surface area contributed by atoms with Gasteiger partial charge in [-0.25, -0.2) is 14.4 Å². The second-order valence-corrected chi connectivity index (χ2v) is 7.66. The molecule has 1 heterocycles. The molecular formula is C25H30N4O5. The van der Waals surface area contributed by atoms with Crippen LogP contribution >= 0.6 is 0 Å². The fraction of sp³-hybridized carbons (Fsp3) is 0.320. The number of urea groups is 2. The lowest BCUT2D eigenvalue weighted by Crippen LogP contribution is -2.48. The first-order valence-corrected chi connectivity index (χ1v) is 11.2. The minimum atomic E-state index is -0.710. The highest BCUT2D eigenvalue weighted by Gasteiger charge is 2.36. The highest BCUT2D eigenvalue weighted by molar-refractivity contribution is 6.01. The number of anilines is 2. The van der Waals surface area contributed by atoms with E-state index in [0.717, 1.165) is 6.42 Å². The number of rotatable bonds is 8. The number of allylic oxidation sites excluding steroid dienone is 1. The maximum absolute atomic E-state index is 12.8. The van der Waals surface area contributed by atoms with E-state index in [1.54, 1.807) is 61.2 Å². The molecule has 0 saturated heterocycles. The Bertz CT molecular complexity index is 1100. The lowest BCUT2D eigenvalue weighted by Gasteiger charge is -2.35. The van der Waals surface area contributed by atoms with E-state index in [0.29, 0.717) is 40.5 Å². The lowest BCUT2D eigenvalue weighted by molar-refractivity contribution is -0.139. The van der Waals surface area contributed by atoms with Gasteiger partial charge in [-0.15, -0.1) is 0 Å². The van der Waals surface area contributed by atoms with Crippen molar-refractivity contribution in [3.63, 3.8) is 0 Å². The molecule has 2 aromatic rings. The first-order valence-electron chi connectivity index (χ1n) is 11.2. The summed E-state index contributed by atoms with van der Waals surface area (Å²) >= 11 is 0. The molecule has 3 N–H and O–H groups in total. The third-order valence-electron chi connectivity index (χ3n) is 5.37. The van der Waals surface area contributed by atoms with Gasteiger partial charge in [0, 0.05) is 17.9 Å². The first-order chi connectivity index (χ1) is 16.4. The van der Waals surface area contributed by atoms with Crippen LogP contribution in [0.25, 0.3) is 0 Å². The van der Waals surface area contributed by atoms with Crippen LogP contribution in [0.2, 0.25) is 0 Å². The molecule has 9 nitrogen and oxygen atoms in total. The summed E-state index contributed by atoms with van der Waals surface area (Å²) in [5.74, 6) is 0.0472. The normalized spacial score (nSPS) is 15.5. The van der Waals surface area contributed by atoms with Gasteiger partial charge in [-0.05, 0) is 50.1 Å². The average Bonchev–Trinajstić information content (AvgIpc) is 2.82. The SMILES string of the molecule is CCCN1C(=O)NC(c2cccc(NC(=O)Nc3ccccc3OC)c2)C(C(=O)OCC)=C1C. The number of hydrogen-bond acceptors (Lipinski definition) is 5. The van der Waals surface area contributed by atoms with E-state index in [-0.39, 0.29) is 12.6 Å². The number of carbonyl (C=O) groups excluding carboxylic acids is 3. The van der Waals surface area contributed by atoms with Gasteiger partial charge in [-0.2, -0.15) is 0 Å². The van der Waals surface area contributed by atoms with Gasteiger partial charge in [0.05, 0.1) is 31.0 Å². The molecule has 2 aromatic carbocycles. The Morgan fingerprint density at radius 2 is 1.85 bits per heavy atom. The average molecular weight is 467 g/mol. The van der Waals surface area contributed by atoms with Crippen molar-refractivity contribution in [2.75, 3.05) is 30.9 Å². The Kier molecular flexibility index (Phi) is 8.13. The van der Waals surface area contributed by atoms with E-state index in [4.69, 9.17) is 9.47 Å². The van der Waals surface area contributed by atoms with Crippen LogP contribution in [0.4, 0.5) is 21.0 Å². The summed E-state index contributed by atoms with van der Waals surface area (Å²) in [7, 11) is 1.53. The first kappa shape index (κ1) is 24.6. The van der Waals surface area contributed by atoms with Crippen molar-refractivity contribution in [3.8, 4) is 5.75 Å². The standard InChI is InChI=1S/C25H30N4O5/c1-5-14-29-16(3)21(23(30)34-6-2)22(28-25(29)32)17-10-9-11-18(15-17)26-24(31)27-19-12-7-8-13-20(19)33-4/h7-13,15,22H,5-6,14H2,1-4H3,(H,28,32)(H2,26,27,31). The highest BCUT2D eigenvalue weighted by atomic mass is 16.5. The third kappa shape index (κ3) is 5.48. The number of amides is 4. The summed E-state index contributed by atoms with van der Waals surface area (Å²) in [4.78, 5) is 39.7. The summed E-state index contributed by atoms with van der Waals surface area (Å²) in [5, 5.41) is 8.44.